The van der Waals surface area contributed by atoms with Crippen molar-refractivity contribution >= 4 is 67.0 Å². The summed E-state index contributed by atoms with van der Waals surface area (Å²) in [6, 6.07) is 54.7. The van der Waals surface area contributed by atoms with Crippen molar-refractivity contribution in [2.24, 2.45) is 0 Å². The van der Waals surface area contributed by atoms with Gasteiger partial charge in [-0.25, -0.2) is 0 Å². The van der Waals surface area contributed by atoms with Crippen molar-refractivity contribution in [2.75, 3.05) is 0 Å². The second kappa shape index (κ2) is 13.5. The van der Waals surface area contributed by atoms with E-state index in [0.717, 1.165) is 74.9 Å². The van der Waals surface area contributed by atoms with Crippen LogP contribution in [-0.4, -0.2) is 18.6 Å². The van der Waals surface area contributed by atoms with Gasteiger partial charge in [0.25, 0.3) is 0 Å². The molecule has 0 spiro atoms. The number of hydrogen-bond acceptors (Lipinski definition) is 2. The van der Waals surface area contributed by atoms with Gasteiger partial charge in [-0.3, -0.25) is 5.32 Å². The fraction of sp³-hybridized carbons (Fsp3) is 0.0877. The van der Waals surface area contributed by atoms with Gasteiger partial charge in [0, 0.05) is 38.5 Å². The van der Waals surface area contributed by atoms with Crippen LogP contribution in [0, 0.1) is 12.1 Å². The molecule has 6 aromatic carbocycles. The van der Waals surface area contributed by atoms with Gasteiger partial charge in [0.2, 0.25) is 0 Å². The third-order valence-electron chi connectivity index (χ3n) is 13.2. The zero-order valence-electron chi connectivity index (χ0n) is 33.9. The van der Waals surface area contributed by atoms with Gasteiger partial charge in [-0.1, -0.05) is 110 Å². The maximum Gasteiger partial charge on any atom is 0.110 e. The number of aryl methyl sites for hydroxylation is 1. The van der Waals surface area contributed by atoms with Gasteiger partial charge >= 0.3 is 0 Å². The number of nitrogens with zero attached hydrogens (tertiary/aromatic N) is 4. The second-order valence-corrected chi connectivity index (χ2v) is 16.6. The van der Waals surface area contributed by atoms with Crippen molar-refractivity contribution in [3.05, 3.63) is 227 Å². The van der Waals surface area contributed by atoms with Crippen molar-refractivity contribution in [2.45, 2.75) is 31.6 Å². The smallest absolute Gasteiger partial charge is 0.110 e. The summed E-state index contributed by atoms with van der Waals surface area (Å²) in [5, 5.41) is 8.63. The molecule has 292 valence electrons. The molecule has 5 heteroatoms. The monoisotopic (exact) mass is 793 g/mol. The molecular formula is C57H39N5. The minimum Gasteiger partial charge on any atom is -0.325 e. The first-order valence-corrected chi connectivity index (χ1v) is 21.5. The molecule has 3 aromatic heterocycles. The Morgan fingerprint density at radius 3 is 1.97 bits per heavy atom. The zero-order valence-corrected chi connectivity index (χ0v) is 33.9. The number of allylic oxidation sites excluding steroid dienone is 6. The number of rotatable bonds is 6. The Hall–Kier alpha value is -7.96. The minimum atomic E-state index is 0.0178. The molecule has 1 N–H and O–H groups in total. The molecule has 0 bridgehead atoms. The van der Waals surface area contributed by atoms with Crippen LogP contribution >= 0.6 is 0 Å². The van der Waals surface area contributed by atoms with Gasteiger partial charge in [0.05, 0.1) is 39.3 Å². The topological polar surface area (TPSA) is 30.1 Å². The summed E-state index contributed by atoms with van der Waals surface area (Å²) in [5.41, 5.74) is 24.5. The van der Waals surface area contributed by atoms with E-state index in [1.54, 1.807) is 0 Å². The quantitative estimate of drug-likeness (QED) is 0.170. The van der Waals surface area contributed by atoms with E-state index in [1.165, 1.54) is 49.9 Å². The fourth-order valence-corrected chi connectivity index (χ4v) is 10.4. The summed E-state index contributed by atoms with van der Waals surface area (Å²) >= 11 is 0. The fourth-order valence-electron chi connectivity index (χ4n) is 10.4. The van der Waals surface area contributed by atoms with Crippen LogP contribution in [0.4, 0.5) is 0 Å². The van der Waals surface area contributed by atoms with E-state index in [0.29, 0.717) is 0 Å². The zero-order chi connectivity index (χ0) is 40.9. The standard InChI is InChI=1S/C57H39N5/c1-37-15-14-23-47-46-22-10-13-26-52(46)61(55(37)47)43-32-34-54-49(36-43)48-35-42(60-50-24-11-8-20-44(50)45-21-9-12-25-51(45)60)31-33-53(48)59(54)40-27-29-41(30-28-40)62-56(38-16-4-2-5-17-38)58-57(62)39-18-6-3-7-19-39/h2-8,10,12-14,16-20,22-23,25-27,29,31-36,56-58H,1,9,15,21H2. The molecule has 9 aromatic rings. The highest BCUT2D eigenvalue weighted by Gasteiger charge is 2.40. The number of para-hydroxylation sites is 1. The van der Waals surface area contributed by atoms with Crippen molar-refractivity contribution < 1.29 is 0 Å². The van der Waals surface area contributed by atoms with E-state index >= 15 is 0 Å². The highest BCUT2D eigenvalue weighted by molar-refractivity contribution is 6.12. The Morgan fingerprint density at radius 1 is 0.581 bits per heavy atom. The third-order valence-corrected chi connectivity index (χ3v) is 13.2. The van der Waals surface area contributed by atoms with Gasteiger partial charge < -0.3 is 18.6 Å². The van der Waals surface area contributed by atoms with Crippen LogP contribution in [0.3, 0.4) is 0 Å². The molecule has 5 nitrogen and oxygen atoms in total. The molecule has 0 saturated carbocycles. The van der Waals surface area contributed by atoms with Crippen molar-refractivity contribution in [1.82, 2.24) is 23.9 Å². The van der Waals surface area contributed by atoms with Gasteiger partial charge in [-0.15, -0.1) is 0 Å². The number of benzene rings is 5. The lowest BCUT2D eigenvalue weighted by atomic mass is 9.98. The molecule has 1 aliphatic heterocycles. The number of nitrogens with one attached hydrogen (secondary N) is 1. The largest absolute Gasteiger partial charge is 0.325 e. The molecule has 0 radical (unpaired) electrons. The summed E-state index contributed by atoms with van der Waals surface area (Å²) in [6.07, 6.45) is 16.4. The first kappa shape index (κ1) is 34.9. The predicted octanol–water partition coefficient (Wildman–Crippen LogP) is 13.0. The van der Waals surface area contributed by atoms with Crippen molar-refractivity contribution in [1.29, 1.82) is 0 Å². The molecule has 2 unspecified atom stereocenters. The molecule has 13 rings (SSSR count). The molecule has 62 heavy (non-hydrogen) atoms. The molecular weight excluding hydrogens is 755 g/mol. The van der Waals surface area contributed by atoms with Crippen LogP contribution < -0.4 is 5.32 Å². The maximum absolute atomic E-state index is 4.56. The summed E-state index contributed by atoms with van der Waals surface area (Å²) in [5.74, 6) is 0. The summed E-state index contributed by atoms with van der Waals surface area (Å²) < 4.78 is 7.14. The van der Waals surface area contributed by atoms with Gasteiger partial charge in [0.15, 0.2) is 0 Å². The molecule has 4 heterocycles. The van der Waals surface area contributed by atoms with E-state index in [1.807, 2.05) is 6.07 Å². The van der Waals surface area contributed by atoms with Crippen LogP contribution in [0.5, 0.6) is 0 Å². The number of fused-ring (bicyclic) bond motifs is 9. The molecule has 1 saturated heterocycles. The van der Waals surface area contributed by atoms with E-state index < -0.39 is 0 Å². The van der Waals surface area contributed by atoms with Crippen LogP contribution in [0.2, 0.25) is 0 Å². The van der Waals surface area contributed by atoms with E-state index in [4.69, 9.17) is 0 Å². The van der Waals surface area contributed by atoms with Crippen molar-refractivity contribution in [3.8, 4) is 11.4 Å². The summed E-state index contributed by atoms with van der Waals surface area (Å²) in [7, 11) is 0. The first-order valence-electron chi connectivity index (χ1n) is 21.5. The highest BCUT2D eigenvalue weighted by Crippen LogP contribution is 2.44. The highest BCUT2D eigenvalue weighted by atomic mass is 15.5. The molecule has 3 aliphatic carbocycles. The lowest BCUT2D eigenvalue weighted by molar-refractivity contribution is 0.00735. The normalized spacial score (nSPS) is 17.7. The molecule has 0 amide bonds. The Morgan fingerprint density at radius 2 is 1.24 bits per heavy atom. The minimum absolute atomic E-state index is 0.0178. The maximum atomic E-state index is 4.56. The van der Waals surface area contributed by atoms with Crippen LogP contribution in [0.15, 0.2) is 182 Å². The predicted molar refractivity (Wildman–Crippen MR) is 254 cm³/mol. The van der Waals surface area contributed by atoms with E-state index in [-0.39, 0.29) is 12.3 Å². The number of hydrogen-bond donors (Lipinski definition) is 1. The van der Waals surface area contributed by atoms with Gasteiger partial charge in [-0.05, 0) is 132 Å². The first-order chi connectivity index (χ1) is 30.7. The number of aromatic nitrogens is 3. The van der Waals surface area contributed by atoms with E-state index in [9.17, 15) is 0 Å². The lowest BCUT2D eigenvalue weighted by Crippen LogP contribution is -2.56. The Kier molecular flexibility index (Phi) is 7.61. The van der Waals surface area contributed by atoms with Crippen LogP contribution in [-0.2, 0) is 6.42 Å². The van der Waals surface area contributed by atoms with Crippen molar-refractivity contribution in [3.63, 3.8) is 0 Å². The second-order valence-electron chi connectivity index (χ2n) is 16.6. The lowest BCUT2D eigenvalue weighted by Gasteiger charge is -2.51. The molecule has 2 atom stereocenters. The summed E-state index contributed by atoms with van der Waals surface area (Å²) in [6.45, 7) is 4.56. The SMILES string of the molecule is C=C1CC=Cc2c1n(-c1ccc3c(c1)c1cc(-n4c5c(c6ccc#cc64)CCC=C5)ccc1n3C1=C=C=C(N3C(c4ccccc4)NC3c3ccccc3)C=C1)c1ccccc21. The third kappa shape index (κ3) is 5.10. The Labute approximate surface area is 359 Å². The molecule has 4 aliphatic rings. The Balaban J connectivity index is 1.04. The Bertz CT molecular complexity index is 3530. The van der Waals surface area contributed by atoms with Gasteiger partial charge in [-0.2, -0.15) is 0 Å². The average Bonchev–Trinajstić information content (AvgIpc) is 3.96. The summed E-state index contributed by atoms with van der Waals surface area (Å²) in [4.78, 5) is 2.41. The average molecular weight is 794 g/mol. The van der Waals surface area contributed by atoms with Gasteiger partial charge in [0.1, 0.15) is 17.8 Å². The molecule has 1 fully saturated rings. The van der Waals surface area contributed by atoms with Crippen LogP contribution in [0.25, 0.3) is 78.4 Å². The van der Waals surface area contributed by atoms with Crippen LogP contribution in [0.1, 0.15) is 58.8 Å². The van der Waals surface area contributed by atoms with E-state index in [2.05, 4.69) is 218 Å².